The molecule has 0 spiro atoms. The summed E-state index contributed by atoms with van der Waals surface area (Å²) in [5.74, 6) is 5.13. The van der Waals surface area contributed by atoms with Crippen LogP contribution in [0.1, 0.15) is 11.1 Å². The molecule has 0 aromatic heterocycles. The van der Waals surface area contributed by atoms with E-state index in [4.69, 9.17) is 5.26 Å². The molecule has 1 rings (SSSR count). The van der Waals surface area contributed by atoms with Gasteiger partial charge in [0.05, 0.1) is 0 Å². The molecule has 0 heterocycles. The highest BCUT2D eigenvalue weighted by Gasteiger charge is 1.96. The zero-order valence-electron chi connectivity index (χ0n) is 6.56. The standard InChI is InChI=1S/C10H6BrN/c1-8-9(5-3-7-12)4-2-6-10(8)11/h2,4,6H,1H3. The highest BCUT2D eigenvalue weighted by Crippen LogP contribution is 2.18. The molecular weight excluding hydrogens is 214 g/mol. The molecule has 1 aromatic carbocycles. The van der Waals surface area contributed by atoms with E-state index in [-0.39, 0.29) is 0 Å². The van der Waals surface area contributed by atoms with Crippen molar-refractivity contribution in [2.45, 2.75) is 6.92 Å². The fourth-order valence-electron chi connectivity index (χ4n) is 0.838. The molecule has 0 bridgehead atoms. The van der Waals surface area contributed by atoms with Gasteiger partial charge in [0.15, 0.2) is 6.07 Å². The third-order valence-electron chi connectivity index (χ3n) is 1.52. The van der Waals surface area contributed by atoms with Gasteiger partial charge in [-0.25, -0.2) is 0 Å². The maximum atomic E-state index is 8.25. The minimum absolute atomic E-state index is 0.894. The van der Waals surface area contributed by atoms with Crippen LogP contribution in [0.5, 0.6) is 0 Å². The quantitative estimate of drug-likeness (QED) is 0.616. The summed E-state index contributed by atoms with van der Waals surface area (Å²) in [6, 6.07) is 7.53. The van der Waals surface area contributed by atoms with Crippen molar-refractivity contribution in [3.8, 4) is 17.9 Å². The number of benzene rings is 1. The van der Waals surface area contributed by atoms with Crippen LogP contribution in [0.2, 0.25) is 0 Å². The highest BCUT2D eigenvalue weighted by atomic mass is 79.9. The molecule has 0 unspecified atom stereocenters. The summed E-state index contributed by atoms with van der Waals surface area (Å²) in [5.41, 5.74) is 1.96. The van der Waals surface area contributed by atoms with E-state index in [9.17, 15) is 0 Å². The van der Waals surface area contributed by atoms with Crippen LogP contribution < -0.4 is 0 Å². The summed E-state index contributed by atoms with van der Waals surface area (Å²) in [5, 5.41) is 8.25. The average Bonchev–Trinajstić information content (AvgIpc) is 2.08. The van der Waals surface area contributed by atoms with Crippen molar-refractivity contribution >= 4 is 15.9 Å². The van der Waals surface area contributed by atoms with Gasteiger partial charge in [0.25, 0.3) is 0 Å². The lowest BCUT2D eigenvalue weighted by Crippen LogP contribution is -1.82. The zero-order valence-corrected chi connectivity index (χ0v) is 8.14. The molecule has 0 saturated heterocycles. The van der Waals surface area contributed by atoms with Gasteiger partial charge in [-0.15, -0.1) is 0 Å². The maximum Gasteiger partial charge on any atom is 0.152 e. The van der Waals surface area contributed by atoms with Gasteiger partial charge < -0.3 is 0 Å². The first kappa shape index (κ1) is 8.84. The molecule has 0 fully saturated rings. The molecule has 12 heavy (non-hydrogen) atoms. The molecule has 0 saturated carbocycles. The van der Waals surface area contributed by atoms with E-state index < -0.39 is 0 Å². The van der Waals surface area contributed by atoms with Gasteiger partial charge in [0.1, 0.15) is 0 Å². The molecule has 0 aliphatic rings. The summed E-state index contributed by atoms with van der Waals surface area (Å²) in [4.78, 5) is 0. The number of hydrogen-bond acceptors (Lipinski definition) is 1. The van der Waals surface area contributed by atoms with Crippen LogP contribution in [-0.2, 0) is 0 Å². The van der Waals surface area contributed by atoms with Gasteiger partial charge >= 0.3 is 0 Å². The van der Waals surface area contributed by atoms with Crippen molar-refractivity contribution in [3.05, 3.63) is 33.8 Å². The van der Waals surface area contributed by atoms with E-state index in [1.807, 2.05) is 25.1 Å². The van der Waals surface area contributed by atoms with E-state index in [1.165, 1.54) is 0 Å². The van der Waals surface area contributed by atoms with Gasteiger partial charge in [-0.05, 0) is 24.6 Å². The van der Waals surface area contributed by atoms with Gasteiger partial charge in [-0.1, -0.05) is 27.9 Å². The van der Waals surface area contributed by atoms with Gasteiger partial charge in [-0.3, -0.25) is 0 Å². The van der Waals surface area contributed by atoms with Crippen LogP contribution in [0, 0.1) is 30.1 Å². The second kappa shape index (κ2) is 3.95. The number of rotatable bonds is 0. The number of nitriles is 1. The van der Waals surface area contributed by atoms with Gasteiger partial charge in [0, 0.05) is 16.0 Å². The number of nitrogens with zero attached hydrogens (tertiary/aromatic N) is 1. The minimum Gasteiger partial charge on any atom is -0.183 e. The molecule has 0 aliphatic heterocycles. The average molecular weight is 220 g/mol. The molecule has 0 N–H and O–H groups in total. The van der Waals surface area contributed by atoms with Crippen LogP contribution in [0.25, 0.3) is 0 Å². The van der Waals surface area contributed by atoms with E-state index >= 15 is 0 Å². The Bertz CT molecular complexity index is 391. The Kier molecular flexibility index (Phi) is 2.91. The van der Waals surface area contributed by atoms with E-state index in [2.05, 4.69) is 27.8 Å². The number of halogens is 1. The zero-order chi connectivity index (χ0) is 8.97. The predicted molar refractivity (Wildman–Crippen MR) is 51.4 cm³/mol. The third-order valence-corrected chi connectivity index (χ3v) is 2.38. The number of hydrogen-bond donors (Lipinski definition) is 0. The molecule has 1 nitrogen and oxygen atoms in total. The molecule has 58 valence electrons. The van der Waals surface area contributed by atoms with E-state index in [1.54, 1.807) is 6.07 Å². The van der Waals surface area contributed by atoms with Crippen LogP contribution >= 0.6 is 15.9 Å². The van der Waals surface area contributed by atoms with Crippen molar-refractivity contribution in [2.24, 2.45) is 0 Å². The Morgan fingerprint density at radius 2 is 2.17 bits per heavy atom. The second-order valence-electron chi connectivity index (χ2n) is 2.27. The Morgan fingerprint density at radius 1 is 1.42 bits per heavy atom. The molecular formula is C10H6BrN. The minimum atomic E-state index is 0.894. The maximum absolute atomic E-state index is 8.25. The topological polar surface area (TPSA) is 23.8 Å². The molecule has 0 aliphatic carbocycles. The Labute approximate surface area is 80.2 Å². The van der Waals surface area contributed by atoms with E-state index in [0.29, 0.717) is 0 Å². The second-order valence-corrected chi connectivity index (χ2v) is 3.13. The van der Waals surface area contributed by atoms with Crippen LogP contribution in [0.3, 0.4) is 0 Å². The van der Waals surface area contributed by atoms with Crippen molar-refractivity contribution in [3.63, 3.8) is 0 Å². The lowest BCUT2D eigenvalue weighted by molar-refractivity contribution is 1.40. The summed E-state index contributed by atoms with van der Waals surface area (Å²) in [7, 11) is 0. The fraction of sp³-hybridized carbons (Fsp3) is 0.100. The molecule has 0 radical (unpaired) electrons. The van der Waals surface area contributed by atoms with Crippen LogP contribution in [0.4, 0.5) is 0 Å². The molecule has 0 atom stereocenters. The monoisotopic (exact) mass is 219 g/mol. The van der Waals surface area contributed by atoms with Crippen LogP contribution in [0.15, 0.2) is 22.7 Å². The van der Waals surface area contributed by atoms with Crippen molar-refractivity contribution in [2.75, 3.05) is 0 Å². The van der Waals surface area contributed by atoms with Crippen LogP contribution in [-0.4, -0.2) is 0 Å². The molecule has 0 amide bonds. The SMILES string of the molecule is Cc1c(Br)cccc1C#CC#N. The van der Waals surface area contributed by atoms with Gasteiger partial charge in [0.2, 0.25) is 0 Å². The Morgan fingerprint density at radius 3 is 2.83 bits per heavy atom. The smallest absolute Gasteiger partial charge is 0.152 e. The van der Waals surface area contributed by atoms with Crippen molar-refractivity contribution in [1.29, 1.82) is 5.26 Å². The summed E-state index contributed by atoms with van der Waals surface area (Å²) >= 11 is 3.39. The lowest BCUT2D eigenvalue weighted by atomic mass is 10.1. The van der Waals surface area contributed by atoms with Crippen molar-refractivity contribution < 1.29 is 0 Å². The summed E-state index contributed by atoms with van der Waals surface area (Å²) in [6.07, 6.45) is 0. The fourth-order valence-corrected chi connectivity index (χ4v) is 1.20. The lowest BCUT2D eigenvalue weighted by Gasteiger charge is -1.98. The largest absolute Gasteiger partial charge is 0.183 e. The van der Waals surface area contributed by atoms with Crippen molar-refractivity contribution in [1.82, 2.24) is 0 Å². The molecule has 2 heteroatoms. The Balaban J connectivity index is 3.19. The Hall–Kier alpha value is -1.25. The van der Waals surface area contributed by atoms with Gasteiger partial charge in [-0.2, -0.15) is 5.26 Å². The first-order valence-corrected chi connectivity index (χ1v) is 4.20. The summed E-state index contributed by atoms with van der Waals surface area (Å²) in [6.45, 7) is 1.96. The third kappa shape index (κ3) is 1.87. The predicted octanol–water partition coefficient (Wildman–Crippen LogP) is 2.63. The highest BCUT2D eigenvalue weighted by molar-refractivity contribution is 9.10. The van der Waals surface area contributed by atoms with E-state index in [0.717, 1.165) is 15.6 Å². The first-order chi connectivity index (χ1) is 5.75. The normalized spacial score (nSPS) is 8.08. The summed E-state index contributed by atoms with van der Waals surface area (Å²) < 4.78 is 1.02. The first-order valence-electron chi connectivity index (χ1n) is 3.41. The molecule has 1 aromatic rings.